The summed E-state index contributed by atoms with van der Waals surface area (Å²) in [7, 11) is 0. The van der Waals surface area contributed by atoms with Gasteiger partial charge in [-0.1, -0.05) is 6.07 Å². The normalized spacial score (nSPS) is 18.2. The summed E-state index contributed by atoms with van der Waals surface area (Å²) >= 11 is 0. The molecule has 1 aliphatic heterocycles. The van der Waals surface area contributed by atoms with E-state index in [-0.39, 0.29) is 19.3 Å². The first-order chi connectivity index (χ1) is 12.7. The SMILES string of the molecule is Cc1cccc(Nc2cc(C[C@H]3CCCN(C(CO)CO)C3)ncn2)n1. The van der Waals surface area contributed by atoms with Crippen LogP contribution in [0.25, 0.3) is 0 Å². The molecule has 1 aliphatic rings. The quantitative estimate of drug-likeness (QED) is 0.692. The summed E-state index contributed by atoms with van der Waals surface area (Å²) in [5, 5.41) is 22.1. The van der Waals surface area contributed by atoms with Crippen molar-refractivity contribution in [3.05, 3.63) is 42.0 Å². The van der Waals surface area contributed by atoms with Gasteiger partial charge in [0.2, 0.25) is 0 Å². The average molecular weight is 357 g/mol. The molecule has 0 saturated carbocycles. The molecule has 3 rings (SSSR count). The van der Waals surface area contributed by atoms with E-state index in [1.807, 2.05) is 31.2 Å². The van der Waals surface area contributed by atoms with Gasteiger partial charge >= 0.3 is 0 Å². The number of aliphatic hydroxyl groups is 2. The fraction of sp³-hybridized carbons (Fsp3) is 0.526. The molecule has 1 atom stereocenters. The zero-order valence-electron chi connectivity index (χ0n) is 15.2. The third-order valence-electron chi connectivity index (χ3n) is 4.85. The Morgan fingerprint density at radius 3 is 2.85 bits per heavy atom. The van der Waals surface area contributed by atoms with Crippen molar-refractivity contribution in [2.45, 2.75) is 32.2 Å². The van der Waals surface area contributed by atoms with E-state index in [0.29, 0.717) is 5.92 Å². The zero-order valence-corrected chi connectivity index (χ0v) is 15.2. The lowest BCUT2D eigenvalue weighted by atomic mass is 9.92. The number of aromatic nitrogens is 3. The van der Waals surface area contributed by atoms with Crippen molar-refractivity contribution in [1.29, 1.82) is 0 Å². The van der Waals surface area contributed by atoms with Gasteiger partial charge in [0.25, 0.3) is 0 Å². The van der Waals surface area contributed by atoms with E-state index >= 15 is 0 Å². The molecule has 2 aromatic rings. The van der Waals surface area contributed by atoms with Gasteiger partial charge < -0.3 is 15.5 Å². The smallest absolute Gasteiger partial charge is 0.135 e. The van der Waals surface area contributed by atoms with Crippen LogP contribution in [0.4, 0.5) is 11.6 Å². The van der Waals surface area contributed by atoms with Crippen molar-refractivity contribution >= 4 is 11.6 Å². The summed E-state index contributed by atoms with van der Waals surface area (Å²) in [5.41, 5.74) is 1.94. The fourth-order valence-electron chi connectivity index (χ4n) is 3.50. The van der Waals surface area contributed by atoms with Gasteiger partial charge in [-0.15, -0.1) is 0 Å². The van der Waals surface area contributed by atoms with Crippen molar-refractivity contribution in [2.75, 3.05) is 31.6 Å². The second-order valence-corrected chi connectivity index (χ2v) is 6.91. The van der Waals surface area contributed by atoms with Crippen molar-refractivity contribution in [2.24, 2.45) is 5.92 Å². The maximum absolute atomic E-state index is 9.41. The first kappa shape index (κ1) is 18.7. The predicted molar refractivity (Wildman–Crippen MR) is 100 cm³/mol. The molecule has 1 fully saturated rings. The van der Waals surface area contributed by atoms with Gasteiger partial charge in [0.15, 0.2) is 0 Å². The number of aliphatic hydroxyl groups excluding tert-OH is 2. The largest absolute Gasteiger partial charge is 0.395 e. The van der Waals surface area contributed by atoms with Gasteiger partial charge in [-0.2, -0.15) is 0 Å². The second-order valence-electron chi connectivity index (χ2n) is 6.91. The molecule has 0 bridgehead atoms. The Morgan fingerprint density at radius 2 is 2.08 bits per heavy atom. The maximum atomic E-state index is 9.41. The minimum atomic E-state index is -0.159. The summed E-state index contributed by atoms with van der Waals surface area (Å²) in [6.07, 6.45) is 4.65. The molecule has 0 aromatic carbocycles. The fourth-order valence-corrected chi connectivity index (χ4v) is 3.50. The van der Waals surface area contributed by atoms with Crippen molar-refractivity contribution < 1.29 is 10.2 Å². The van der Waals surface area contributed by atoms with E-state index in [0.717, 1.165) is 55.4 Å². The molecule has 0 spiro atoms. The number of pyridine rings is 1. The molecule has 0 amide bonds. The van der Waals surface area contributed by atoms with Crippen LogP contribution in [-0.4, -0.2) is 62.4 Å². The summed E-state index contributed by atoms with van der Waals surface area (Å²) < 4.78 is 0. The first-order valence-electron chi connectivity index (χ1n) is 9.15. The minimum Gasteiger partial charge on any atom is -0.395 e. The number of aryl methyl sites for hydroxylation is 1. The molecule has 0 radical (unpaired) electrons. The van der Waals surface area contributed by atoms with E-state index in [1.54, 1.807) is 6.33 Å². The number of piperidine rings is 1. The van der Waals surface area contributed by atoms with Crippen LogP contribution in [-0.2, 0) is 6.42 Å². The van der Waals surface area contributed by atoms with E-state index in [9.17, 15) is 10.2 Å². The van der Waals surface area contributed by atoms with Gasteiger partial charge in [0, 0.05) is 24.0 Å². The Balaban J connectivity index is 1.63. The number of nitrogens with one attached hydrogen (secondary N) is 1. The van der Waals surface area contributed by atoms with E-state index in [4.69, 9.17) is 0 Å². The number of likely N-dealkylation sites (tertiary alicyclic amines) is 1. The molecule has 0 aliphatic carbocycles. The van der Waals surface area contributed by atoms with Crippen LogP contribution < -0.4 is 5.32 Å². The maximum Gasteiger partial charge on any atom is 0.135 e. The highest BCUT2D eigenvalue weighted by atomic mass is 16.3. The Morgan fingerprint density at radius 1 is 1.23 bits per heavy atom. The standard InChI is InChI=1S/C19H27N5O2/c1-14-4-2-6-18(22-14)23-19-9-16(20-13-21-19)8-15-5-3-7-24(10-15)17(11-25)12-26/h2,4,6,9,13,15,17,25-26H,3,5,7-8,10-12H2,1H3,(H,20,21,22,23)/t15-/m1/s1. The molecule has 2 aromatic heterocycles. The molecular formula is C19H27N5O2. The van der Waals surface area contributed by atoms with Crippen LogP contribution in [0.2, 0.25) is 0 Å². The van der Waals surface area contributed by atoms with Crippen molar-refractivity contribution in [1.82, 2.24) is 19.9 Å². The lowest BCUT2D eigenvalue weighted by Gasteiger charge is -2.36. The minimum absolute atomic E-state index is 0.00567. The first-order valence-corrected chi connectivity index (χ1v) is 9.15. The molecule has 7 heteroatoms. The van der Waals surface area contributed by atoms with Crippen LogP contribution >= 0.6 is 0 Å². The third kappa shape index (κ3) is 4.97. The summed E-state index contributed by atoms with van der Waals surface area (Å²) in [4.78, 5) is 15.3. The number of nitrogens with zero attached hydrogens (tertiary/aromatic N) is 4. The molecule has 1 saturated heterocycles. The Labute approximate surface area is 154 Å². The van der Waals surface area contributed by atoms with E-state index < -0.39 is 0 Å². The summed E-state index contributed by atoms with van der Waals surface area (Å²) in [6.45, 7) is 3.75. The second kappa shape index (κ2) is 9.02. The Kier molecular flexibility index (Phi) is 6.49. The van der Waals surface area contributed by atoms with Gasteiger partial charge in [-0.05, 0) is 50.8 Å². The molecule has 26 heavy (non-hydrogen) atoms. The highest BCUT2D eigenvalue weighted by molar-refractivity contribution is 5.51. The number of hydrogen-bond donors (Lipinski definition) is 3. The van der Waals surface area contributed by atoms with Crippen LogP contribution in [0.15, 0.2) is 30.6 Å². The van der Waals surface area contributed by atoms with E-state index in [2.05, 4.69) is 25.2 Å². The molecule has 0 unspecified atom stereocenters. The van der Waals surface area contributed by atoms with Crippen LogP contribution in [0.5, 0.6) is 0 Å². The van der Waals surface area contributed by atoms with Gasteiger partial charge in [-0.3, -0.25) is 4.90 Å². The highest BCUT2D eigenvalue weighted by Gasteiger charge is 2.25. The number of hydrogen-bond acceptors (Lipinski definition) is 7. The Bertz CT molecular complexity index is 708. The Hall–Kier alpha value is -2.09. The number of anilines is 2. The third-order valence-corrected chi connectivity index (χ3v) is 4.85. The van der Waals surface area contributed by atoms with Crippen LogP contribution in [0.3, 0.4) is 0 Å². The zero-order chi connectivity index (χ0) is 18.4. The lowest BCUT2D eigenvalue weighted by molar-refractivity contribution is 0.0440. The van der Waals surface area contributed by atoms with Gasteiger partial charge in [0.05, 0.1) is 19.3 Å². The topological polar surface area (TPSA) is 94.4 Å². The van der Waals surface area contributed by atoms with Crippen molar-refractivity contribution in [3.63, 3.8) is 0 Å². The van der Waals surface area contributed by atoms with Gasteiger partial charge in [0.1, 0.15) is 18.0 Å². The monoisotopic (exact) mass is 357 g/mol. The molecule has 3 N–H and O–H groups in total. The molecule has 3 heterocycles. The molecular weight excluding hydrogens is 330 g/mol. The van der Waals surface area contributed by atoms with E-state index in [1.165, 1.54) is 0 Å². The summed E-state index contributed by atoms with van der Waals surface area (Å²) in [6, 6.07) is 7.64. The molecule has 140 valence electrons. The average Bonchev–Trinajstić information content (AvgIpc) is 2.63. The van der Waals surface area contributed by atoms with Gasteiger partial charge in [-0.25, -0.2) is 15.0 Å². The molecule has 7 nitrogen and oxygen atoms in total. The highest BCUT2D eigenvalue weighted by Crippen LogP contribution is 2.22. The van der Waals surface area contributed by atoms with Crippen LogP contribution in [0.1, 0.15) is 24.2 Å². The summed E-state index contributed by atoms with van der Waals surface area (Å²) in [5.74, 6) is 1.97. The predicted octanol–water partition coefficient (Wildman–Crippen LogP) is 1.53. The van der Waals surface area contributed by atoms with Crippen molar-refractivity contribution in [3.8, 4) is 0 Å². The lowest BCUT2D eigenvalue weighted by Crippen LogP contribution is -2.46. The van der Waals surface area contributed by atoms with Crippen LogP contribution in [0, 0.1) is 12.8 Å². The number of rotatable bonds is 7.